The van der Waals surface area contributed by atoms with Crippen LogP contribution in [-0.4, -0.2) is 35.4 Å². The molecule has 0 saturated carbocycles. The van der Waals surface area contributed by atoms with E-state index in [0.29, 0.717) is 13.2 Å². The first kappa shape index (κ1) is 13.9. The molecule has 4 rings (SSSR count). The normalized spacial score (nSPS) is 31.3. The highest BCUT2D eigenvalue weighted by Crippen LogP contribution is 2.48. The van der Waals surface area contributed by atoms with Crippen LogP contribution in [0.15, 0.2) is 60.7 Å². The molecule has 0 bridgehead atoms. The van der Waals surface area contributed by atoms with Crippen molar-refractivity contribution in [3.63, 3.8) is 0 Å². The Morgan fingerprint density at radius 2 is 1.32 bits per heavy atom. The van der Waals surface area contributed by atoms with Crippen LogP contribution in [-0.2, 0) is 9.47 Å². The number of ether oxygens (including phenoxy) is 2. The molecule has 1 N–H and O–H groups in total. The van der Waals surface area contributed by atoms with Crippen molar-refractivity contribution in [2.45, 2.75) is 18.0 Å². The Balaban J connectivity index is 1.74. The van der Waals surface area contributed by atoms with Gasteiger partial charge in [0.2, 0.25) is 0 Å². The van der Waals surface area contributed by atoms with E-state index in [1.807, 2.05) is 36.4 Å². The van der Waals surface area contributed by atoms with Gasteiger partial charge in [0.05, 0.1) is 25.4 Å². The first-order valence-electron chi connectivity index (χ1n) is 7.56. The van der Waals surface area contributed by atoms with Crippen LogP contribution in [0.25, 0.3) is 0 Å². The number of benzene rings is 2. The summed E-state index contributed by atoms with van der Waals surface area (Å²) in [4.78, 5) is 2.18. The highest BCUT2D eigenvalue weighted by molar-refractivity contribution is 5.25. The van der Waals surface area contributed by atoms with E-state index >= 15 is 0 Å². The van der Waals surface area contributed by atoms with Crippen molar-refractivity contribution >= 4 is 0 Å². The van der Waals surface area contributed by atoms with Gasteiger partial charge in [-0.25, -0.2) is 4.90 Å². The minimum absolute atomic E-state index is 0.0274. The molecule has 2 aromatic carbocycles. The summed E-state index contributed by atoms with van der Waals surface area (Å²) in [7, 11) is 0. The molecule has 114 valence electrons. The SMILES string of the molecule is OCC12CO[C@H](c3ccccc3)N1[C@H](c1ccccc1)OC2. The molecule has 0 aromatic heterocycles. The standard InChI is InChI=1S/C18H19NO3/c20-11-18-12-21-16(14-7-3-1-4-8-14)19(18)17(22-13-18)15-9-5-2-6-10-15/h1-10,16-17,20H,11-13H2/t16-,17+,18?. The lowest BCUT2D eigenvalue weighted by atomic mass is 10.0. The van der Waals surface area contributed by atoms with Crippen LogP contribution in [0.2, 0.25) is 0 Å². The molecule has 2 aliphatic rings. The van der Waals surface area contributed by atoms with E-state index < -0.39 is 5.54 Å². The number of rotatable bonds is 3. The smallest absolute Gasteiger partial charge is 0.139 e. The van der Waals surface area contributed by atoms with Gasteiger partial charge in [0, 0.05) is 0 Å². The van der Waals surface area contributed by atoms with Crippen LogP contribution in [0.4, 0.5) is 0 Å². The van der Waals surface area contributed by atoms with Crippen molar-refractivity contribution in [3.05, 3.63) is 71.8 Å². The van der Waals surface area contributed by atoms with Gasteiger partial charge < -0.3 is 14.6 Å². The van der Waals surface area contributed by atoms with Crippen LogP contribution < -0.4 is 0 Å². The molecule has 0 aliphatic carbocycles. The maximum atomic E-state index is 9.95. The third-order valence-electron chi connectivity index (χ3n) is 4.54. The van der Waals surface area contributed by atoms with E-state index in [-0.39, 0.29) is 19.1 Å². The maximum absolute atomic E-state index is 9.95. The summed E-state index contributed by atoms with van der Waals surface area (Å²) < 4.78 is 12.1. The second kappa shape index (κ2) is 5.48. The third-order valence-corrected chi connectivity index (χ3v) is 4.54. The van der Waals surface area contributed by atoms with Crippen molar-refractivity contribution in [3.8, 4) is 0 Å². The fraction of sp³-hybridized carbons (Fsp3) is 0.333. The Labute approximate surface area is 129 Å². The zero-order chi connectivity index (χ0) is 15.0. The topological polar surface area (TPSA) is 41.9 Å². The second-order valence-corrected chi connectivity index (χ2v) is 5.94. The highest BCUT2D eigenvalue weighted by Gasteiger charge is 2.56. The average molecular weight is 297 g/mol. The molecule has 4 heteroatoms. The molecule has 4 nitrogen and oxygen atoms in total. The van der Waals surface area contributed by atoms with Gasteiger partial charge in [0.25, 0.3) is 0 Å². The van der Waals surface area contributed by atoms with Gasteiger partial charge in [-0.15, -0.1) is 0 Å². The van der Waals surface area contributed by atoms with E-state index in [1.54, 1.807) is 0 Å². The Hall–Kier alpha value is -1.72. The van der Waals surface area contributed by atoms with Crippen LogP contribution in [0.3, 0.4) is 0 Å². The summed E-state index contributed by atoms with van der Waals surface area (Å²) in [5.74, 6) is 0. The van der Waals surface area contributed by atoms with Gasteiger partial charge >= 0.3 is 0 Å². The molecular formula is C18H19NO3. The van der Waals surface area contributed by atoms with E-state index in [2.05, 4.69) is 29.2 Å². The first-order chi connectivity index (χ1) is 10.8. The molecule has 2 saturated heterocycles. The summed E-state index contributed by atoms with van der Waals surface area (Å²) in [6, 6.07) is 20.2. The van der Waals surface area contributed by atoms with Crippen LogP contribution in [0.5, 0.6) is 0 Å². The Bertz CT molecular complexity index is 580. The minimum Gasteiger partial charge on any atom is -0.394 e. The molecule has 0 spiro atoms. The van der Waals surface area contributed by atoms with Gasteiger partial charge in [-0.1, -0.05) is 60.7 Å². The lowest BCUT2D eigenvalue weighted by Gasteiger charge is -2.33. The van der Waals surface area contributed by atoms with E-state index in [4.69, 9.17) is 9.47 Å². The van der Waals surface area contributed by atoms with Gasteiger partial charge in [0.15, 0.2) is 0 Å². The molecule has 2 aliphatic heterocycles. The van der Waals surface area contributed by atoms with Crippen molar-refractivity contribution in [2.24, 2.45) is 0 Å². The van der Waals surface area contributed by atoms with Crippen molar-refractivity contribution < 1.29 is 14.6 Å². The third kappa shape index (κ3) is 2.08. The fourth-order valence-electron chi connectivity index (χ4n) is 3.36. The molecule has 0 radical (unpaired) electrons. The summed E-state index contributed by atoms with van der Waals surface area (Å²) in [5.41, 5.74) is 1.72. The summed E-state index contributed by atoms with van der Waals surface area (Å²) >= 11 is 0. The average Bonchev–Trinajstić information content (AvgIpc) is 3.14. The van der Waals surface area contributed by atoms with Crippen molar-refractivity contribution in [1.29, 1.82) is 0 Å². The number of nitrogens with zero attached hydrogens (tertiary/aromatic N) is 1. The van der Waals surface area contributed by atoms with E-state index in [1.165, 1.54) is 0 Å². The molecule has 2 aromatic rings. The monoisotopic (exact) mass is 297 g/mol. The molecule has 1 unspecified atom stereocenters. The largest absolute Gasteiger partial charge is 0.394 e. The summed E-state index contributed by atoms with van der Waals surface area (Å²) in [5, 5.41) is 9.95. The highest BCUT2D eigenvalue weighted by atomic mass is 16.6. The summed E-state index contributed by atoms with van der Waals surface area (Å²) in [6.07, 6.45) is -0.387. The molecule has 2 heterocycles. The maximum Gasteiger partial charge on any atom is 0.139 e. The van der Waals surface area contributed by atoms with E-state index in [9.17, 15) is 5.11 Å². The molecular weight excluding hydrogens is 278 g/mol. The zero-order valence-corrected chi connectivity index (χ0v) is 12.3. The Kier molecular flexibility index (Phi) is 3.47. The van der Waals surface area contributed by atoms with Gasteiger partial charge in [-0.05, 0) is 11.1 Å². The first-order valence-corrected chi connectivity index (χ1v) is 7.56. The van der Waals surface area contributed by atoms with Crippen LogP contribution in [0, 0.1) is 0 Å². The van der Waals surface area contributed by atoms with E-state index in [0.717, 1.165) is 11.1 Å². The predicted octanol–water partition coefficient (Wildman–Crippen LogP) is 2.48. The van der Waals surface area contributed by atoms with Crippen LogP contribution in [0.1, 0.15) is 23.6 Å². The number of aliphatic hydroxyl groups excluding tert-OH is 1. The lowest BCUT2D eigenvalue weighted by molar-refractivity contribution is -0.0630. The molecule has 0 amide bonds. The molecule has 2 fully saturated rings. The van der Waals surface area contributed by atoms with Crippen LogP contribution >= 0.6 is 0 Å². The quantitative estimate of drug-likeness (QED) is 0.945. The van der Waals surface area contributed by atoms with Gasteiger partial charge in [0.1, 0.15) is 12.5 Å². The Morgan fingerprint density at radius 1 is 0.864 bits per heavy atom. The number of hydrogen-bond donors (Lipinski definition) is 1. The number of hydrogen-bond acceptors (Lipinski definition) is 4. The Morgan fingerprint density at radius 3 is 1.73 bits per heavy atom. The summed E-state index contributed by atoms with van der Waals surface area (Å²) in [6.45, 7) is 0.985. The lowest BCUT2D eigenvalue weighted by Crippen LogP contribution is -2.47. The van der Waals surface area contributed by atoms with Crippen molar-refractivity contribution in [1.82, 2.24) is 4.90 Å². The van der Waals surface area contributed by atoms with Crippen molar-refractivity contribution in [2.75, 3.05) is 19.8 Å². The van der Waals surface area contributed by atoms with Gasteiger partial charge in [-0.3, -0.25) is 0 Å². The molecule has 22 heavy (non-hydrogen) atoms. The predicted molar refractivity (Wildman–Crippen MR) is 81.9 cm³/mol. The van der Waals surface area contributed by atoms with Gasteiger partial charge in [-0.2, -0.15) is 0 Å². The second-order valence-electron chi connectivity index (χ2n) is 5.94. The minimum atomic E-state index is -0.457. The fourth-order valence-corrected chi connectivity index (χ4v) is 3.36. The zero-order valence-electron chi connectivity index (χ0n) is 12.3. The molecule has 3 atom stereocenters. The number of fused-ring (bicyclic) bond motifs is 1. The number of aliphatic hydroxyl groups is 1.